The minimum Gasteiger partial charge on any atom is -0.349 e. The average molecular weight is 367 g/mol. The molecule has 2 aliphatic rings. The van der Waals surface area contributed by atoms with Crippen molar-refractivity contribution >= 4 is 5.91 Å². The highest BCUT2D eigenvalue weighted by Crippen LogP contribution is 2.52. The third kappa shape index (κ3) is 3.53. The summed E-state index contributed by atoms with van der Waals surface area (Å²) in [6, 6.07) is 8.85. The minimum absolute atomic E-state index is 0.237. The third-order valence-electron chi connectivity index (χ3n) is 6.51. The van der Waals surface area contributed by atoms with Gasteiger partial charge in [-0.15, -0.1) is 0 Å². The Bertz CT molecular complexity index is 817. The number of aryl methyl sites for hydroxylation is 1. The number of piperidine rings is 1. The molecule has 1 aromatic heterocycles. The molecular weight excluding hydrogens is 336 g/mol. The molecule has 0 N–H and O–H groups in total. The number of carbonyl (C=O) groups excluding carboxylic acids is 1. The van der Waals surface area contributed by atoms with Gasteiger partial charge in [0.15, 0.2) is 0 Å². The fraction of sp³-hybridized carbons (Fsp3) is 0.545. The van der Waals surface area contributed by atoms with E-state index in [9.17, 15) is 4.79 Å². The molecule has 5 nitrogen and oxygen atoms in total. The maximum atomic E-state index is 12.3. The highest BCUT2D eigenvalue weighted by Gasteiger charge is 2.45. The SMILES string of the molecule is CN(C)C(=O)CC1CC2(CCN(Cc3cnn(C)c3)CC2)c2ccccc21. The molecule has 144 valence electrons. The Labute approximate surface area is 162 Å². The predicted octanol–water partition coefficient (Wildman–Crippen LogP) is 2.92. The Morgan fingerprint density at radius 2 is 2.00 bits per heavy atom. The van der Waals surface area contributed by atoms with Crippen LogP contribution in [0, 0.1) is 0 Å². The lowest BCUT2D eigenvalue weighted by Crippen LogP contribution is -2.41. The molecule has 27 heavy (non-hydrogen) atoms. The van der Waals surface area contributed by atoms with Crippen molar-refractivity contribution in [1.82, 2.24) is 19.6 Å². The lowest BCUT2D eigenvalue weighted by molar-refractivity contribution is -0.129. The molecule has 0 radical (unpaired) electrons. The summed E-state index contributed by atoms with van der Waals surface area (Å²) in [5.41, 5.74) is 4.45. The zero-order valence-corrected chi connectivity index (χ0v) is 16.7. The molecule has 1 saturated heterocycles. The maximum Gasteiger partial charge on any atom is 0.222 e. The van der Waals surface area contributed by atoms with Gasteiger partial charge < -0.3 is 4.90 Å². The Balaban J connectivity index is 1.48. The van der Waals surface area contributed by atoms with Crippen LogP contribution in [0.2, 0.25) is 0 Å². The Kier molecular flexibility index (Phi) is 4.81. The van der Waals surface area contributed by atoms with Crippen molar-refractivity contribution in [2.24, 2.45) is 7.05 Å². The lowest BCUT2D eigenvalue weighted by Gasteiger charge is -2.40. The van der Waals surface area contributed by atoms with Crippen LogP contribution in [0.25, 0.3) is 0 Å². The highest BCUT2D eigenvalue weighted by atomic mass is 16.2. The van der Waals surface area contributed by atoms with Crippen molar-refractivity contribution in [3.8, 4) is 0 Å². The van der Waals surface area contributed by atoms with Crippen LogP contribution in [0.3, 0.4) is 0 Å². The fourth-order valence-corrected chi connectivity index (χ4v) is 5.03. The zero-order valence-electron chi connectivity index (χ0n) is 16.7. The molecule has 0 saturated carbocycles. The molecule has 1 unspecified atom stereocenters. The smallest absolute Gasteiger partial charge is 0.222 e. The Morgan fingerprint density at radius 1 is 1.26 bits per heavy atom. The molecule has 1 amide bonds. The number of rotatable bonds is 4. The van der Waals surface area contributed by atoms with E-state index in [1.807, 2.05) is 32.0 Å². The van der Waals surface area contributed by atoms with E-state index < -0.39 is 0 Å². The first-order valence-electron chi connectivity index (χ1n) is 9.96. The first-order valence-corrected chi connectivity index (χ1v) is 9.96. The predicted molar refractivity (Wildman–Crippen MR) is 107 cm³/mol. The van der Waals surface area contributed by atoms with Gasteiger partial charge in [0.2, 0.25) is 5.91 Å². The van der Waals surface area contributed by atoms with Crippen LogP contribution in [-0.2, 0) is 23.8 Å². The van der Waals surface area contributed by atoms with Crippen molar-refractivity contribution in [3.05, 3.63) is 53.3 Å². The van der Waals surface area contributed by atoms with E-state index in [2.05, 4.69) is 40.5 Å². The van der Waals surface area contributed by atoms with E-state index in [1.165, 1.54) is 29.5 Å². The number of fused-ring (bicyclic) bond motifs is 2. The number of benzene rings is 1. The first kappa shape index (κ1) is 18.2. The van der Waals surface area contributed by atoms with Gasteiger partial charge >= 0.3 is 0 Å². The number of nitrogens with zero attached hydrogens (tertiary/aromatic N) is 4. The largest absolute Gasteiger partial charge is 0.349 e. The van der Waals surface area contributed by atoms with E-state index in [0.717, 1.165) is 26.1 Å². The molecule has 1 spiro atoms. The molecule has 1 atom stereocenters. The molecular formula is C22H30N4O. The van der Waals surface area contributed by atoms with Gasteiger partial charge in [-0.05, 0) is 54.8 Å². The van der Waals surface area contributed by atoms with Gasteiger partial charge in [-0.1, -0.05) is 24.3 Å². The van der Waals surface area contributed by atoms with E-state index in [1.54, 1.807) is 4.90 Å². The van der Waals surface area contributed by atoms with Crippen LogP contribution in [0.5, 0.6) is 0 Å². The summed E-state index contributed by atoms with van der Waals surface area (Å²) in [5.74, 6) is 0.599. The minimum atomic E-state index is 0.237. The van der Waals surface area contributed by atoms with Gasteiger partial charge in [0.1, 0.15) is 0 Å². The zero-order chi connectivity index (χ0) is 19.0. The van der Waals surface area contributed by atoms with Crippen molar-refractivity contribution in [2.45, 2.75) is 43.6 Å². The molecule has 1 aliphatic heterocycles. The van der Waals surface area contributed by atoms with Gasteiger partial charge in [0.25, 0.3) is 0 Å². The van der Waals surface area contributed by atoms with Crippen molar-refractivity contribution < 1.29 is 4.79 Å². The summed E-state index contributed by atoms with van der Waals surface area (Å²) in [6.45, 7) is 3.20. The second-order valence-corrected chi connectivity index (χ2v) is 8.56. The first-order chi connectivity index (χ1) is 13.0. The second kappa shape index (κ2) is 7.12. The summed E-state index contributed by atoms with van der Waals surface area (Å²) in [7, 11) is 5.69. The average Bonchev–Trinajstić information content (AvgIpc) is 3.19. The van der Waals surface area contributed by atoms with Crippen molar-refractivity contribution in [2.75, 3.05) is 27.2 Å². The van der Waals surface area contributed by atoms with E-state index >= 15 is 0 Å². The number of hydrogen-bond acceptors (Lipinski definition) is 3. The van der Waals surface area contributed by atoms with Crippen LogP contribution in [0.1, 0.15) is 48.3 Å². The summed E-state index contributed by atoms with van der Waals surface area (Å²) < 4.78 is 1.88. The van der Waals surface area contributed by atoms with Crippen LogP contribution in [0.4, 0.5) is 0 Å². The van der Waals surface area contributed by atoms with E-state index in [0.29, 0.717) is 12.3 Å². The quantitative estimate of drug-likeness (QED) is 0.835. The number of likely N-dealkylation sites (tertiary alicyclic amines) is 1. The fourth-order valence-electron chi connectivity index (χ4n) is 5.03. The number of aromatic nitrogens is 2. The van der Waals surface area contributed by atoms with Gasteiger partial charge in [0.05, 0.1) is 6.20 Å². The normalized spacial score (nSPS) is 21.4. The summed E-state index contributed by atoms with van der Waals surface area (Å²) in [4.78, 5) is 16.6. The standard InChI is InChI=1S/C22H30N4O/c1-24(2)21(27)12-18-13-22(20-7-5-4-6-19(18)20)8-10-26(11-9-22)16-17-14-23-25(3)15-17/h4-7,14-15,18H,8-13,16H2,1-3H3. The van der Waals surface area contributed by atoms with Crippen LogP contribution in [-0.4, -0.2) is 52.7 Å². The van der Waals surface area contributed by atoms with Gasteiger partial charge in [-0.2, -0.15) is 5.10 Å². The third-order valence-corrected chi connectivity index (χ3v) is 6.51. The summed E-state index contributed by atoms with van der Waals surface area (Å²) >= 11 is 0. The summed E-state index contributed by atoms with van der Waals surface area (Å²) in [6.07, 6.45) is 8.18. The van der Waals surface area contributed by atoms with Crippen LogP contribution < -0.4 is 0 Å². The molecule has 1 aliphatic carbocycles. The van der Waals surface area contributed by atoms with Crippen molar-refractivity contribution in [3.63, 3.8) is 0 Å². The van der Waals surface area contributed by atoms with Gasteiger partial charge in [0, 0.05) is 45.9 Å². The number of hydrogen-bond donors (Lipinski definition) is 0. The molecule has 1 aromatic carbocycles. The maximum absolute atomic E-state index is 12.3. The van der Waals surface area contributed by atoms with Crippen LogP contribution >= 0.6 is 0 Å². The van der Waals surface area contributed by atoms with E-state index in [-0.39, 0.29) is 11.3 Å². The van der Waals surface area contributed by atoms with E-state index in [4.69, 9.17) is 0 Å². The molecule has 2 aromatic rings. The Morgan fingerprint density at radius 3 is 2.67 bits per heavy atom. The summed E-state index contributed by atoms with van der Waals surface area (Å²) in [5, 5.41) is 4.29. The monoisotopic (exact) mass is 366 g/mol. The van der Waals surface area contributed by atoms with Crippen LogP contribution in [0.15, 0.2) is 36.7 Å². The van der Waals surface area contributed by atoms with Crippen molar-refractivity contribution in [1.29, 1.82) is 0 Å². The Hall–Kier alpha value is -2.14. The highest BCUT2D eigenvalue weighted by molar-refractivity contribution is 5.77. The lowest BCUT2D eigenvalue weighted by atomic mass is 9.73. The van der Waals surface area contributed by atoms with Gasteiger partial charge in [-0.25, -0.2) is 0 Å². The topological polar surface area (TPSA) is 41.4 Å². The second-order valence-electron chi connectivity index (χ2n) is 8.56. The molecule has 0 bridgehead atoms. The molecule has 2 heterocycles. The number of amides is 1. The molecule has 1 fully saturated rings. The number of carbonyl (C=O) groups is 1. The van der Waals surface area contributed by atoms with Gasteiger partial charge in [-0.3, -0.25) is 14.4 Å². The molecule has 5 heteroatoms. The molecule has 4 rings (SSSR count).